The van der Waals surface area contributed by atoms with Crippen LogP contribution in [0.1, 0.15) is 25.3 Å². The zero-order valence-electron chi connectivity index (χ0n) is 10.3. The molecule has 1 N–H and O–H groups in total. The molecule has 17 heavy (non-hydrogen) atoms. The molecular formula is C14H19N3. The van der Waals surface area contributed by atoms with Gasteiger partial charge in [0.25, 0.3) is 0 Å². The molecule has 0 spiro atoms. The van der Waals surface area contributed by atoms with E-state index in [0.717, 1.165) is 26.1 Å². The van der Waals surface area contributed by atoms with Crippen molar-refractivity contribution < 1.29 is 0 Å². The van der Waals surface area contributed by atoms with Gasteiger partial charge in [0, 0.05) is 31.4 Å². The standard InChI is InChI=1S/C14H19N3/c1-2-13(7-8-15)17-10-9-16-11-12-5-3-4-6-14(12)17/h3-6,13,16H,2,7,9-11H2,1H3. The Kier molecular flexibility index (Phi) is 4.00. The van der Waals surface area contributed by atoms with Crippen molar-refractivity contribution in [3.8, 4) is 6.07 Å². The highest BCUT2D eigenvalue weighted by molar-refractivity contribution is 5.55. The minimum absolute atomic E-state index is 0.334. The second-order valence-corrected chi connectivity index (χ2v) is 4.42. The largest absolute Gasteiger partial charge is 0.366 e. The predicted molar refractivity (Wildman–Crippen MR) is 69.8 cm³/mol. The Morgan fingerprint density at radius 1 is 1.47 bits per heavy atom. The van der Waals surface area contributed by atoms with Crippen LogP contribution in [0.4, 0.5) is 5.69 Å². The maximum atomic E-state index is 8.92. The van der Waals surface area contributed by atoms with E-state index in [0.29, 0.717) is 12.5 Å². The average molecular weight is 229 g/mol. The zero-order valence-corrected chi connectivity index (χ0v) is 10.3. The van der Waals surface area contributed by atoms with Gasteiger partial charge in [0.2, 0.25) is 0 Å². The third-order valence-corrected chi connectivity index (χ3v) is 3.38. The van der Waals surface area contributed by atoms with Crippen LogP contribution in [0.2, 0.25) is 0 Å². The van der Waals surface area contributed by atoms with E-state index in [9.17, 15) is 0 Å². The van der Waals surface area contributed by atoms with Crippen molar-refractivity contribution in [1.82, 2.24) is 5.32 Å². The lowest BCUT2D eigenvalue weighted by Gasteiger charge is -2.31. The minimum Gasteiger partial charge on any atom is -0.366 e. The molecule has 0 radical (unpaired) electrons. The SMILES string of the molecule is CCC(CC#N)N1CCNCc2ccccc21. The summed E-state index contributed by atoms with van der Waals surface area (Å²) in [6, 6.07) is 11.1. The number of benzene rings is 1. The van der Waals surface area contributed by atoms with Gasteiger partial charge in [0.05, 0.1) is 12.5 Å². The zero-order chi connectivity index (χ0) is 12.1. The van der Waals surface area contributed by atoms with Crippen molar-refractivity contribution in [1.29, 1.82) is 5.26 Å². The molecule has 1 atom stereocenters. The maximum Gasteiger partial charge on any atom is 0.0643 e. The predicted octanol–water partition coefficient (Wildman–Crippen LogP) is 2.29. The molecule has 1 unspecified atom stereocenters. The molecule has 3 nitrogen and oxygen atoms in total. The summed E-state index contributed by atoms with van der Waals surface area (Å²) >= 11 is 0. The van der Waals surface area contributed by atoms with E-state index < -0.39 is 0 Å². The molecule has 3 heteroatoms. The van der Waals surface area contributed by atoms with Crippen molar-refractivity contribution in [2.45, 2.75) is 32.4 Å². The summed E-state index contributed by atoms with van der Waals surface area (Å²) in [6.07, 6.45) is 1.62. The highest BCUT2D eigenvalue weighted by atomic mass is 15.2. The van der Waals surface area contributed by atoms with Crippen LogP contribution in [0, 0.1) is 11.3 Å². The number of para-hydroxylation sites is 1. The quantitative estimate of drug-likeness (QED) is 0.864. The number of fused-ring (bicyclic) bond motifs is 1. The van der Waals surface area contributed by atoms with E-state index in [2.05, 4.69) is 47.5 Å². The first-order valence-corrected chi connectivity index (χ1v) is 6.29. The average Bonchev–Trinajstić information content (AvgIpc) is 2.58. The van der Waals surface area contributed by atoms with Gasteiger partial charge in [-0.15, -0.1) is 0 Å². The molecule has 1 aromatic rings. The lowest BCUT2D eigenvalue weighted by Crippen LogP contribution is -2.37. The second kappa shape index (κ2) is 5.70. The number of hydrogen-bond donors (Lipinski definition) is 1. The number of rotatable bonds is 3. The Morgan fingerprint density at radius 2 is 2.29 bits per heavy atom. The highest BCUT2D eigenvalue weighted by Crippen LogP contribution is 2.25. The molecule has 0 saturated carbocycles. The molecule has 1 aliphatic heterocycles. The lowest BCUT2D eigenvalue weighted by atomic mass is 10.1. The van der Waals surface area contributed by atoms with Gasteiger partial charge in [0.15, 0.2) is 0 Å². The summed E-state index contributed by atoms with van der Waals surface area (Å²) in [4.78, 5) is 2.39. The molecule has 0 fully saturated rings. The number of nitrogens with one attached hydrogen (secondary N) is 1. The Balaban J connectivity index is 2.30. The number of hydrogen-bond acceptors (Lipinski definition) is 3. The van der Waals surface area contributed by atoms with E-state index >= 15 is 0 Å². The van der Waals surface area contributed by atoms with Crippen LogP contribution in [0.15, 0.2) is 24.3 Å². The monoisotopic (exact) mass is 229 g/mol. The molecule has 0 aromatic heterocycles. The van der Waals surface area contributed by atoms with Crippen LogP contribution in [0.5, 0.6) is 0 Å². The number of nitriles is 1. The topological polar surface area (TPSA) is 39.1 Å². The van der Waals surface area contributed by atoms with Gasteiger partial charge in [-0.1, -0.05) is 25.1 Å². The third-order valence-electron chi connectivity index (χ3n) is 3.38. The van der Waals surface area contributed by atoms with Crippen molar-refractivity contribution in [2.24, 2.45) is 0 Å². The lowest BCUT2D eigenvalue weighted by molar-refractivity contribution is 0.574. The van der Waals surface area contributed by atoms with Gasteiger partial charge in [-0.2, -0.15) is 5.26 Å². The Morgan fingerprint density at radius 3 is 3.06 bits per heavy atom. The van der Waals surface area contributed by atoms with Gasteiger partial charge in [0.1, 0.15) is 0 Å². The Hall–Kier alpha value is -1.53. The first-order valence-electron chi connectivity index (χ1n) is 6.29. The van der Waals surface area contributed by atoms with Gasteiger partial charge in [-0.3, -0.25) is 0 Å². The smallest absolute Gasteiger partial charge is 0.0643 e. The van der Waals surface area contributed by atoms with Crippen molar-refractivity contribution in [3.63, 3.8) is 0 Å². The van der Waals surface area contributed by atoms with Crippen LogP contribution in [0.3, 0.4) is 0 Å². The van der Waals surface area contributed by atoms with Gasteiger partial charge < -0.3 is 10.2 Å². The van der Waals surface area contributed by atoms with E-state index in [1.165, 1.54) is 11.3 Å². The molecular weight excluding hydrogens is 210 g/mol. The van der Waals surface area contributed by atoms with Gasteiger partial charge in [-0.05, 0) is 18.1 Å². The summed E-state index contributed by atoms with van der Waals surface area (Å²) in [5, 5.41) is 12.4. The number of anilines is 1. The molecule has 0 aliphatic carbocycles. The first-order chi connectivity index (χ1) is 8.36. The maximum absolute atomic E-state index is 8.92. The van der Waals surface area contributed by atoms with E-state index in [-0.39, 0.29) is 0 Å². The fourth-order valence-corrected chi connectivity index (χ4v) is 2.44. The summed E-state index contributed by atoms with van der Waals surface area (Å²) in [5.41, 5.74) is 2.63. The van der Waals surface area contributed by atoms with Gasteiger partial charge >= 0.3 is 0 Å². The molecule has 0 saturated heterocycles. The van der Waals surface area contributed by atoms with E-state index in [4.69, 9.17) is 5.26 Å². The Labute approximate surface area is 103 Å². The summed E-state index contributed by atoms with van der Waals surface area (Å²) in [5.74, 6) is 0. The molecule has 1 aromatic carbocycles. The third kappa shape index (κ3) is 2.59. The van der Waals surface area contributed by atoms with Crippen LogP contribution in [-0.2, 0) is 6.54 Å². The fraction of sp³-hybridized carbons (Fsp3) is 0.500. The summed E-state index contributed by atoms with van der Waals surface area (Å²) in [6.45, 7) is 5.05. The van der Waals surface area contributed by atoms with Crippen molar-refractivity contribution >= 4 is 5.69 Å². The molecule has 0 amide bonds. The molecule has 1 aliphatic rings. The normalized spacial score (nSPS) is 16.8. The highest BCUT2D eigenvalue weighted by Gasteiger charge is 2.20. The van der Waals surface area contributed by atoms with Gasteiger partial charge in [-0.25, -0.2) is 0 Å². The minimum atomic E-state index is 0.334. The molecule has 2 rings (SSSR count). The fourth-order valence-electron chi connectivity index (χ4n) is 2.44. The van der Waals surface area contributed by atoms with Crippen LogP contribution in [0.25, 0.3) is 0 Å². The van der Waals surface area contributed by atoms with E-state index in [1.54, 1.807) is 0 Å². The molecule has 90 valence electrons. The molecule has 1 heterocycles. The van der Waals surface area contributed by atoms with Crippen molar-refractivity contribution in [3.05, 3.63) is 29.8 Å². The van der Waals surface area contributed by atoms with Crippen LogP contribution < -0.4 is 10.2 Å². The number of nitrogens with zero attached hydrogens (tertiary/aromatic N) is 2. The Bertz CT molecular complexity index is 408. The summed E-state index contributed by atoms with van der Waals surface area (Å²) < 4.78 is 0. The van der Waals surface area contributed by atoms with Crippen molar-refractivity contribution in [2.75, 3.05) is 18.0 Å². The van der Waals surface area contributed by atoms with E-state index in [1.807, 2.05) is 0 Å². The first kappa shape index (κ1) is 11.9. The van der Waals surface area contributed by atoms with Crippen LogP contribution >= 0.6 is 0 Å². The second-order valence-electron chi connectivity index (χ2n) is 4.42. The summed E-state index contributed by atoms with van der Waals surface area (Å²) in [7, 11) is 0. The van der Waals surface area contributed by atoms with Crippen LogP contribution in [-0.4, -0.2) is 19.1 Å². The molecule has 0 bridgehead atoms.